The number of nitrogens with one attached hydrogen (secondary N) is 1. The van der Waals surface area contributed by atoms with E-state index < -0.39 is 0 Å². The third-order valence-corrected chi connectivity index (χ3v) is 3.14. The summed E-state index contributed by atoms with van der Waals surface area (Å²) in [5.74, 6) is 1.20. The minimum atomic E-state index is -0.189. The van der Waals surface area contributed by atoms with Gasteiger partial charge in [0.2, 0.25) is 0 Å². The van der Waals surface area contributed by atoms with Crippen LogP contribution in [0.2, 0.25) is 0 Å². The number of amides is 1. The zero-order chi connectivity index (χ0) is 16.5. The summed E-state index contributed by atoms with van der Waals surface area (Å²) >= 11 is 0. The van der Waals surface area contributed by atoms with E-state index in [2.05, 4.69) is 5.32 Å². The molecule has 0 aromatic heterocycles. The summed E-state index contributed by atoms with van der Waals surface area (Å²) in [6, 6.07) is 14.2. The van der Waals surface area contributed by atoms with Gasteiger partial charge in [0, 0.05) is 17.9 Å². The van der Waals surface area contributed by atoms with Crippen LogP contribution in [0.25, 0.3) is 0 Å². The number of carbonyl (C=O) groups excluding carboxylic acids is 1. The van der Waals surface area contributed by atoms with Crippen molar-refractivity contribution in [2.24, 2.45) is 0 Å². The van der Waals surface area contributed by atoms with Crippen molar-refractivity contribution in [3.8, 4) is 11.5 Å². The Balaban J connectivity index is 1.95. The van der Waals surface area contributed by atoms with Crippen LogP contribution in [0.15, 0.2) is 48.5 Å². The molecule has 0 heterocycles. The van der Waals surface area contributed by atoms with E-state index in [4.69, 9.17) is 14.2 Å². The van der Waals surface area contributed by atoms with Crippen LogP contribution >= 0.6 is 0 Å². The molecule has 0 fully saturated rings. The molecule has 2 aromatic rings. The molecule has 0 radical (unpaired) electrons. The molecule has 5 nitrogen and oxygen atoms in total. The van der Waals surface area contributed by atoms with Gasteiger partial charge < -0.3 is 19.5 Å². The van der Waals surface area contributed by atoms with E-state index in [-0.39, 0.29) is 5.91 Å². The van der Waals surface area contributed by atoms with Gasteiger partial charge in [-0.15, -0.1) is 0 Å². The number of rotatable bonds is 8. The lowest BCUT2D eigenvalue weighted by molar-refractivity contribution is 0.102. The fraction of sp³-hybridized carbons (Fsp3) is 0.278. The molecule has 23 heavy (non-hydrogen) atoms. The Morgan fingerprint density at radius 2 is 1.83 bits per heavy atom. The number of benzene rings is 2. The zero-order valence-corrected chi connectivity index (χ0v) is 13.4. The van der Waals surface area contributed by atoms with Gasteiger partial charge in [-0.1, -0.05) is 6.07 Å². The van der Waals surface area contributed by atoms with E-state index in [1.54, 1.807) is 49.6 Å². The molecule has 1 amide bonds. The molecule has 122 valence electrons. The molecule has 0 aliphatic heterocycles. The van der Waals surface area contributed by atoms with Crippen LogP contribution in [0.4, 0.5) is 5.69 Å². The zero-order valence-electron chi connectivity index (χ0n) is 13.4. The predicted molar refractivity (Wildman–Crippen MR) is 89.4 cm³/mol. The summed E-state index contributed by atoms with van der Waals surface area (Å²) in [7, 11) is 1.60. The molecule has 0 unspecified atom stereocenters. The van der Waals surface area contributed by atoms with Gasteiger partial charge in [-0.3, -0.25) is 4.79 Å². The number of hydrogen-bond donors (Lipinski definition) is 1. The molecule has 5 heteroatoms. The van der Waals surface area contributed by atoms with E-state index in [0.717, 1.165) is 5.75 Å². The molecule has 0 saturated heterocycles. The molecule has 2 aromatic carbocycles. The highest BCUT2D eigenvalue weighted by Crippen LogP contribution is 2.18. The number of hydrogen-bond acceptors (Lipinski definition) is 4. The number of anilines is 1. The highest BCUT2D eigenvalue weighted by molar-refractivity contribution is 6.04. The topological polar surface area (TPSA) is 56.8 Å². The molecule has 0 bridgehead atoms. The average Bonchev–Trinajstić information content (AvgIpc) is 2.60. The molecule has 0 aliphatic rings. The first-order chi connectivity index (χ1) is 11.2. The van der Waals surface area contributed by atoms with Crippen molar-refractivity contribution < 1.29 is 19.0 Å². The first-order valence-corrected chi connectivity index (χ1v) is 7.49. The molecule has 0 spiro atoms. The molecular weight excluding hydrogens is 294 g/mol. The second-order valence-corrected chi connectivity index (χ2v) is 4.76. The molecule has 2 rings (SSSR count). The fourth-order valence-corrected chi connectivity index (χ4v) is 1.97. The smallest absolute Gasteiger partial charge is 0.255 e. The standard InChI is InChI=1S/C18H21NO4/c1-3-22-11-12-23-17-6-4-5-14(13-17)18(20)19-15-7-9-16(21-2)10-8-15/h4-10,13H,3,11-12H2,1-2H3,(H,19,20). The van der Waals surface area contributed by atoms with Crippen molar-refractivity contribution in [1.82, 2.24) is 0 Å². The maximum atomic E-state index is 12.3. The van der Waals surface area contributed by atoms with E-state index >= 15 is 0 Å². The van der Waals surface area contributed by atoms with Crippen molar-refractivity contribution in [3.63, 3.8) is 0 Å². The lowest BCUT2D eigenvalue weighted by atomic mass is 10.2. The van der Waals surface area contributed by atoms with Crippen molar-refractivity contribution in [1.29, 1.82) is 0 Å². The van der Waals surface area contributed by atoms with E-state index in [9.17, 15) is 4.79 Å². The first kappa shape index (κ1) is 16.8. The highest BCUT2D eigenvalue weighted by Gasteiger charge is 2.07. The summed E-state index contributed by atoms with van der Waals surface area (Å²) in [4.78, 5) is 12.3. The molecule has 0 atom stereocenters. The Morgan fingerprint density at radius 3 is 2.52 bits per heavy atom. The van der Waals surface area contributed by atoms with Gasteiger partial charge in [0.15, 0.2) is 0 Å². The Hall–Kier alpha value is -2.53. The fourth-order valence-electron chi connectivity index (χ4n) is 1.97. The van der Waals surface area contributed by atoms with Crippen molar-refractivity contribution in [2.75, 3.05) is 32.2 Å². The van der Waals surface area contributed by atoms with E-state index in [1.165, 1.54) is 0 Å². The van der Waals surface area contributed by atoms with Crippen LogP contribution in [0.3, 0.4) is 0 Å². The van der Waals surface area contributed by atoms with Gasteiger partial charge in [-0.05, 0) is 49.4 Å². The van der Waals surface area contributed by atoms with Crippen molar-refractivity contribution >= 4 is 11.6 Å². The van der Waals surface area contributed by atoms with Gasteiger partial charge in [-0.2, -0.15) is 0 Å². The largest absolute Gasteiger partial charge is 0.497 e. The summed E-state index contributed by atoms with van der Waals surface area (Å²) in [6.45, 7) is 3.58. The Labute approximate surface area is 136 Å². The number of ether oxygens (including phenoxy) is 3. The molecule has 0 saturated carbocycles. The maximum Gasteiger partial charge on any atom is 0.255 e. The Bertz CT molecular complexity index is 625. The van der Waals surface area contributed by atoms with Gasteiger partial charge in [0.05, 0.1) is 13.7 Å². The maximum absolute atomic E-state index is 12.3. The van der Waals surface area contributed by atoms with Crippen LogP contribution in [-0.4, -0.2) is 32.8 Å². The van der Waals surface area contributed by atoms with Crippen LogP contribution in [0, 0.1) is 0 Å². The van der Waals surface area contributed by atoms with Gasteiger partial charge in [0.1, 0.15) is 18.1 Å². The summed E-state index contributed by atoms with van der Waals surface area (Å²) in [5.41, 5.74) is 1.24. The third kappa shape index (κ3) is 5.30. The number of carbonyl (C=O) groups is 1. The monoisotopic (exact) mass is 315 g/mol. The first-order valence-electron chi connectivity index (χ1n) is 7.49. The minimum Gasteiger partial charge on any atom is -0.497 e. The lowest BCUT2D eigenvalue weighted by Gasteiger charge is -2.09. The summed E-state index contributed by atoms with van der Waals surface area (Å²) in [6.07, 6.45) is 0. The molecule has 0 aliphatic carbocycles. The van der Waals surface area contributed by atoms with Crippen molar-refractivity contribution in [3.05, 3.63) is 54.1 Å². The number of methoxy groups -OCH3 is 1. The average molecular weight is 315 g/mol. The van der Waals surface area contributed by atoms with Gasteiger partial charge >= 0.3 is 0 Å². The van der Waals surface area contributed by atoms with Crippen LogP contribution in [0.5, 0.6) is 11.5 Å². The van der Waals surface area contributed by atoms with Gasteiger partial charge in [0.25, 0.3) is 5.91 Å². The summed E-state index contributed by atoms with van der Waals surface area (Å²) < 4.78 is 15.9. The lowest BCUT2D eigenvalue weighted by Crippen LogP contribution is -2.12. The van der Waals surface area contributed by atoms with E-state index in [1.807, 2.05) is 13.0 Å². The Kier molecular flexibility index (Phi) is 6.44. The predicted octanol–water partition coefficient (Wildman–Crippen LogP) is 3.36. The second-order valence-electron chi connectivity index (χ2n) is 4.76. The molecular formula is C18H21NO4. The van der Waals surface area contributed by atoms with Crippen molar-refractivity contribution in [2.45, 2.75) is 6.92 Å². The van der Waals surface area contributed by atoms with Gasteiger partial charge in [-0.25, -0.2) is 0 Å². The SMILES string of the molecule is CCOCCOc1cccc(C(=O)Nc2ccc(OC)cc2)c1. The second kappa shape index (κ2) is 8.80. The molecule has 1 N–H and O–H groups in total. The third-order valence-electron chi connectivity index (χ3n) is 3.14. The van der Waals surface area contributed by atoms with Crippen LogP contribution < -0.4 is 14.8 Å². The van der Waals surface area contributed by atoms with E-state index in [0.29, 0.717) is 36.8 Å². The Morgan fingerprint density at radius 1 is 1.04 bits per heavy atom. The van der Waals surface area contributed by atoms with Crippen LogP contribution in [0.1, 0.15) is 17.3 Å². The summed E-state index contributed by atoms with van der Waals surface area (Å²) in [5, 5.41) is 2.84. The normalized spacial score (nSPS) is 10.2. The van der Waals surface area contributed by atoms with Crippen LogP contribution in [-0.2, 0) is 4.74 Å². The quantitative estimate of drug-likeness (QED) is 0.759. The minimum absolute atomic E-state index is 0.189. The highest BCUT2D eigenvalue weighted by atomic mass is 16.5.